The van der Waals surface area contributed by atoms with Crippen molar-refractivity contribution in [1.82, 2.24) is 4.90 Å². The quantitative estimate of drug-likeness (QED) is 0.290. The first-order valence-corrected chi connectivity index (χ1v) is 10.3. The van der Waals surface area contributed by atoms with E-state index < -0.39 is 0 Å². The highest BCUT2D eigenvalue weighted by atomic mass is 16.5. The van der Waals surface area contributed by atoms with Gasteiger partial charge in [-0.05, 0) is 39.3 Å². The molecule has 1 saturated heterocycles. The van der Waals surface area contributed by atoms with E-state index in [0.717, 1.165) is 45.1 Å². The number of hydrogen-bond acceptors (Lipinski definition) is 5. The molecule has 0 N–H and O–H groups in total. The lowest BCUT2D eigenvalue weighted by Gasteiger charge is -2.05. The van der Waals surface area contributed by atoms with Crippen LogP contribution in [0.5, 0.6) is 0 Å². The van der Waals surface area contributed by atoms with Gasteiger partial charge >= 0.3 is 11.9 Å². The van der Waals surface area contributed by atoms with Gasteiger partial charge in [0.05, 0.1) is 13.2 Å². The van der Waals surface area contributed by atoms with E-state index in [1.807, 2.05) is 0 Å². The molecule has 1 aliphatic heterocycles. The number of rotatable bonds is 10. The van der Waals surface area contributed by atoms with Crippen molar-refractivity contribution in [2.75, 3.05) is 19.8 Å². The van der Waals surface area contributed by atoms with Crippen LogP contribution >= 0.6 is 0 Å². The average Bonchev–Trinajstić information content (AvgIpc) is 3.11. The predicted molar refractivity (Wildman–Crippen MR) is 117 cm³/mol. The van der Waals surface area contributed by atoms with Gasteiger partial charge in [0.1, 0.15) is 0 Å². The molecule has 1 heterocycles. The molecule has 1 fully saturated rings. The summed E-state index contributed by atoms with van der Waals surface area (Å²) in [6.45, 7) is 19.8. The molecule has 1 rings (SSSR count). The standard InChI is InChI=1S/C9H16O2.C8H14O2.C6H9NO/c1-4-5-6-7-11-9(10)8(2)3;1-4-5-6-10-8(9)7(2)3;1-2-7-5-3-4-6(7)8/h2,4-7H2,1,3H3;2,4-6H2,1,3H3;2H,1,3-5H2. The summed E-state index contributed by atoms with van der Waals surface area (Å²) in [6.07, 6.45) is 8.47. The summed E-state index contributed by atoms with van der Waals surface area (Å²) in [5.74, 6) is -0.352. The van der Waals surface area contributed by atoms with E-state index in [-0.39, 0.29) is 17.8 Å². The van der Waals surface area contributed by atoms with Gasteiger partial charge in [0.25, 0.3) is 0 Å². The molecule has 0 unspecified atom stereocenters. The van der Waals surface area contributed by atoms with E-state index >= 15 is 0 Å². The maximum atomic E-state index is 10.8. The fourth-order valence-corrected chi connectivity index (χ4v) is 1.93. The molecule has 6 nitrogen and oxygen atoms in total. The topological polar surface area (TPSA) is 72.9 Å². The first kappa shape index (κ1) is 28.8. The lowest BCUT2D eigenvalue weighted by Crippen LogP contribution is -2.16. The van der Waals surface area contributed by atoms with Gasteiger partial charge in [-0.2, -0.15) is 0 Å². The Morgan fingerprint density at radius 2 is 1.45 bits per heavy atom. The minimum Gasteiger partial charge on any atom is -0.462 e. The fraction of sp³-hybridized carbons (Fsp3) is 0.609. The number of nitrogens with zero attached hydrogens (tertiary/aromatic N) is 1. The van der Waals surface area contributed by atoms with Crippen molar-refractivity contribution < 1.29 is 23.9 Å². The zero-order chi connectivity index (χ0) is 22.7. The lowest BCUT2D eigenvalue weighted by atomic mass is 10.3. The van der Waals surface area contributed by atoms with E-state index in [4.69, 9.17) is 9.47 Å². The van der Waals surface area contributed by atoms with Crippen LogP contribution in [0.2, 0.25) is 0 Å². The fourth-order valence-electron chi connectivity index (χ4n) is 1.93. The molecule has 6 heteroatoms. The molecule has 166 valence electrons. The van der Waals surface area contributed by atoms with Crippen LogP contribution in [-0.2, 0) is 23.9 Å². The first-order valence-electron chi connectivity index (χ1n) is 10.3. The minimum atomic E-state index is -0.284. The van der Waals surface area contributed by atoms with Crippen LogP contribution < -0.4 is 0 Å². The van der Waals surface area contributed by atoms with Gasteiger partial charge in [0.15, 0.2) is 0 Å². The third kappa shape index (κ3) is 17.5. The van der Waals surface area contributed by atoms with E-state index in [1.165, 1.54) is 0 Å². The van der Waals surface area contributed by atoms with Crippen molar-refractivity contribution in [2.24, 2.45) is 0 Å². The highest BCUT2D eigenvalue weighted by Gasteiger charge is 2.16. The number of amides is 1. The molecule has 0 aromatic carbocycles. The van der Waals surface area contributed by atoms with Crippen LogP contribution in [0.3, 0.4) is 0 Å². The van der Waals surface area contributed by atoms with Crippen molar-refractivity contribution in [3.8, 4) is 0 Å². The second-order valence-corrected chi connectivity index (χ2v) is 6.77. The summed E-state index contributed by atoms with van der Waals surface area (Å²) >= 11 is 0. The maximum Gasteiger partial charge on any atom is 0.333 e. The Bertz CT molecular complexity index is 539. The van der Waals surface area contributed by atoms with E-state index in [2.05, 4.69) is 33.6 Å². The van der Waals surface area contributed by atoms with Gasteiger partial charge in [-0.3, -0.25) is 4.79 Å². The Morgan fingerprint density at radius 3 is 1.76 bits per heavy atom. The number of ether oxygens (including phenoxy) is 2. The van der Waals surface area contributed by atoms with Gasteiger partial charge in [-0.15, -0.1) is 0 Å². The van der Waals surface area contributed by atoms with Crippen LogP contribution in [0, 0.1) is 0 Å². The smallest absolute Gasteiger partial charge is 0.333 e. The van der Waals surface area contributed by atoms with E-state index in [1.54, 1.807) is 24.9 Å². The second kappa shape index (κ2) is 19.0. The highest BCUT2D eigenvalue weighted by molar-refractivity contribution is 5.87. The molecule has 0 aromatic rings. The van der Waals surface area contributed by atoms with E-state index in [9.17, 15) is 14.4 Å². The Morgan fingerprint density at radius 1 is 0.966 bits per heavy atom. The van der Waals surface area contributed by atoms with Gasteiger partial charge in [0, 0.05) is 24.1 Å². The van der Waals surface area contributed by atoms with Crippen LogP contribution in [0.1, 0.15) is 72.6 Å². The third-order valence-electron chi connectivity index (χ3n) is 3.74. The molecule has 0 aliphatic carbocycles. The van der Waals surface area contributed by atoms with Gasteiger partial charge in [-0.25, -0.2) is 9.59 Å². The first-order chi connectivity index (χ1) is 13.7. The van der Waals surface area contributed by atoms with E-state index in [0.29, 0.717) is 30.8 Å². The van der Waals surface area contributed by atoms with Gasteiger partial charge in [0.2, 0.25) is 5.91 Å². The average molecular weight is 410 g/mol. The molecule has 0 spiro atoms. The van der Waals surface area contributed by atoms with Crippen molar-refractivity contribution in [3.05, 3.63) is 37.1 Å². The Labute approximate surface area is 176 Å². The van der Waals surface area contributed by atoms with Crippen LogP contribution in [0.25, 0.3) is 0 Å². The number of unbranched alkanes of at least 4 members (excludes halogenated alkanes) is 3. The Balaban J connectivity index is 0. The largest absolute Gasteiger partial charge is 0.462 e. The van der Waals surface area contributed by atoms with Gasteiger partial charge < -0.3 is 14.4 Å². The summed E-state index contributed by atoms with van der Waals surface area (Å²) in [7, 11) is 0. The predicted octanol–water partition coefficient (Wildman–Crippen LogP) is 4.95. The van der Waals surface area contributed by atoms with Crippen LogP contribution in [-0.4, -0.2) is 42.5 Å². The monoisotopic (exact) mass is 409 g/mol. The minimum absolute atomic E-state index is 0.208. The summed E-state index contributed by atoms with van der Waals surface area (Å²) in [5, 5.41) is 0. The van der Waals surface area contributed by atoms with Crippen molar-refractivity contribution in [1.29, 1.82) is 0 Å². The third-order valence-corrected chi connectivity index (χ3v) is 3.74. The van der Waals surface area contributed by atoms with Crippen molar-refractivity contribution in [2.45, 2.75) is 72.6 Å². The Hall–Kier alpha value is -2.37. The zero-order valence-corrected chi connectivity index (χ0v) is 18.8. The van der Waals surface area contributed by atoms with Crippen molar-refractivity contribution >= 4 is 17.8 Å². The number of hydrogen-bond donors (Lipinski definition) is 0. The molecule has 0 radical (unpaired) electrons. The van der Waals surface area contributed by atoms with Crippen LogP contribution in [0.4, 0.5) is 0 Å². The zero-order valence-electron chi connectivity index (χ0n) is 18.8. The normalized spacial score (nSPS) is 12.0. The van der Waals surface area contributed by atoms with Gasteiger partial charge in [-0.1, -0.05) is 52.8 Å². The molecule has 1 amide bonds. The SMILES string of the molecule is C=C(C)C(=O)OCCCC.C=C(C)C(=O)OCCCCC.C=CN1CCCC1=O. The number of carbonyl (C=O) groups is 3. The van der Waals surface area contributed by atoms with Crippen molar-refractivity contribution in [3.63, 3.8) is 0 Å². The second-order valence-electron chi connectivity index (χ2n) is 6.77. The summed E-state index contributed by atoms with van der Waals surface area (Å²) in [6, 6.07) is 0. The lowest BCUT2D eigenvalue weighted by molar-refractivity contribution is -0.139. The number of esters is 2. The molecule has 1 aliphatic rings. The maximum absolute atomic E-state index is 10.8. The molecular weight excluding hydrogens is 370 g/mol. The molecule has 29 heavy (non-hydrogen) atoms. The number of likely N-dealkylation sites (tertiary alicyclic amines) is 1. The summed E-state index contributed by atoms with van der Waals surface area (Å²) in [5.41, 5.74) is 0.942. The molecular formula is C23H39NO5. The highest BCUT2D eigenvalue weighted by Crippen LogP contribution is 2.08. The summed E-state index contributed by atoms with van der Waals surface area (Å²) < 4.78 is 9.67. The molecule has 0 bridgehead atoms. The Kier molecular flexibility index (Phi) is 18.9. The molecule has 0 saturated carbocycles. The van der Waals surface area contributed by atoms with Crippen LogP contribution in [0.15, 0.2) is 37.1 Å². The summed E-state index contributed by atoms with van der Waals surface area (Å²) in [4.78, 5) is 33.8. The molecule has 0 aromatic heterocycles. The molecule has 0 atom stereocenters. The number of carbonyl (C=O) groups excluding carboxylic acids is 3.